The first-order valence-corrected chi connectivity index (χ1v) is 23.3. The van der Waals surface area contributed by atoms with Crippen LogP contribution in [0.2, 0.25) is 0 Å². The van der Waals surface area contributed by atoms with Crippen LogP contribution in [0.4, 0.5) is 11.8 Å². The van der Waals surface area contributed by atoms with Crippen LogP contribution in [0, 0.1) is 11.8 Å². The van der Waals surface area contributed by atoms with Gasteiger partial charge in [0.2, 0.25) is 17.8 Å². The molecule has 0 aliphatic rings. The highest BCUT2D eigenvalue weighted by Gasteiger charge is 2.30. The number of benzene rings is 1. The number of carboxylic acids is 2. The van der Waals surface area contributed by atoms with Crippen molar-refractivity contribution in [2.24, 2.45) is 11.8 Å². The van der Waals surface area contributed by atoms with E-state index in [9.17, 15) is 59.4 Å². The topological polar surface area (TPSA) is 381 Å². The predicted molar refractivity (Wildman–Crippen MR) is 239 cm³/mol. The van der Waals surface area contributed by atoms with E-state index in [0.29, 0.717) is 60.3 Å². The van der Waals surface area contributed by atoms with Gasteiger partial charge in [-0.15, -0.1) is 0 Å². The van der Waals surface area contributed by atoms with Gasteiger partial charge in [-0.05, 0) is 37.7 Å². The molecule has 3 aromatic rings. The number of nitrogens with one attached hydrogen (secondary N) is 2. The Morgan fingerprint density at radius 1 is 0.831 bits per heavy atom. The molecule has 358 valence electrons. The van der Waals surface area contributed by atoms with E-state index >= 15 is 0 Å². The van der Waals surface area contributed by atoms with Gasteiger partial charge in [0.15, 0.2) is 22.8 Å². The van der Waals surface area contributed by atoms with Gasteiger partial charge < -0.3 is 62.6 Å². The summed E-state index contributed by atoms with van der Waals surface area (Å²) in [4.78, 5) is 90.3. The van der Waals surface area contributed by atoms with E-state index in [-0.39, 0.29) is 62.0 Å². The number of aryl methyl sites for hydroxylation is 2. The summed E-state index contributed by atoms with van der Waals surface area (Å²) < 4.78 is 5.24. The SMILES string of the molecule is C[C@@H](CCC(=O)NC[C@H](O)[C@@H](O)[C@H](O)[C@H](O)CO)C(=O)NC(CSSCCOC(=O)CCCCC[C@H](CC(=O)c1ccc(CCc2cnc3nc(N)nc(N)c3n2)cc1)C(=O)O)C(=O)O. The van der Waals surface area contributed by atoms with Crippen LogP contribution in [0.25, 0.3) is 11.2 Å². The highest BCUT2D eigenvalue weighted by Crippen LogP contribution is 2.23. The van der Waals surface area contributed by atoms with Crippen molar-refractivity contribution in [3.05, 3.63) is 47.3 Å². The molecule has 13 N–H and O–H groups in total. The summed E-state index contributed by atoms with van der Waals surface area (Å²) in [7, 11) is 2.40. The lowest BCUT2D eigenvalue weighted by molar-refractivity contribution is -0.143. The van der Waals surface area contributed by atoms with E-state index in [1.54, 1.807) is 18.3 Å². The molecule has 2 aromatic heterocycles. The summed E-state index contributed by atoms with van der Waals surface area (Å²) in [6, 6.07) is 5.72. The first-order chi connectivity index (χ1) is 30.9. The van der Waals surface area contributed by atoms with Gasteiger partial charge in [0, 0.05) is 48.8 Å². The van der Waals surface area contributed by atoms with Gasteiger partial charge in [0.05, 0.1) is 30.5 Å². The molecule has 24 heteroatoms. The molecule has 0 saturated heterocycles. The minimum Gasteiger partial charge on any atom is -0.481 e. The van der Waals surface area contributed by atoms with Gasteiger partial charge in [-0.2, -0.15) is 9.97 Å². The Hall–Kier alpha value is -5.24. The van der Waals surface area contributed by atoms with Crippen molar-refractivity contribution in [3.63, 3.8) is 0 Å². The number of carbonyl (C=O) groups is 6. The zero-order valence-corrected chi connectivity index (χ0v) is 37.4. The number of nitrogen functional groups attached to an aromatic ring is 2. The van der Waals surface area contributed by atoms with Crippen LogP contribution in [-0.4, -0.2) is 153 Å². The lowest BCUT2D eigenvalue weighted by atomic mass is 9.92. The average molecular weight is 951 g/mol. The number of nitrogens with two attached hydrogens (primary N) is 2. The third-order valence-electron chi connectivity index (χ3n) is 10.1. The number of ketones is 1. The Labute approximate surface area is 382 Å². The molecule has 65 heavy (non-hydrogen) atoms. The predicted octanol–water partition coefficient (Wildman–Crippen LogP) is 0.0559. The fraction of sp³-hybridized carbons (Fsp3) is 0.561. The molecule has 1 aromatic carbocycles. The smallest absolute Gasteiger partial charge is 0.327 e. The molecule has 0 fully saturated rings. The molecular formula is C41H58N8O14S2. The second kappa shape index (κ2) is 27.9. The van der Waals surface area contributed by atoms with E-state index in [1.165, 1.54) is 17.7 Å². The second-order valence-corrected chi connectivity index (χ2v) is 17.9. The number of carbonyl (C=O) groups excluding carboxylic acids is 4. The Morgan fingerprint density at radius 2 is 1.54 bits per heavy atom. The van der Waals surface area contributed by atoms with Crippen LogP contribution >= 0.6 is 21.6 Å². The minimum absolute atomic E-state index is 0.00606. The third kappa shape index (κ3) is 19.0. The van der Waals surface area contributed by atoms with Crippen LogP contribution in [-0.2, 0) is 41.6 Å². The van der Waals surface area contributed by atoms with Gasteiger partial charge in [-0.25, -0.2) is 14.8 Å². The van der Waals surface area contributed by atoms with Crippen molar-refractivity contribution >= 4 is 80.0 Å². The fourth-order valence-corrected chi connectivity index (χ4v) is 8.10. The van der Waals surface area contributed by atoms with Crippen LogP contribution in [0.5, 0.6) is 0 Å². The van der Waals surface area contributed by atoms with Gasteiger partial charge >= 0.3 is 17.9 Å². The number of aromatic nitrogens is 4. The normalized spacial score (nSPS) is 14.6. The number of aliphatic hydroxyl groups excluding tert-OH is 5. The van der Waals surface area contributed by atoms with E-state index in [1.807, 2.05) is 12.1 Å². The molecule has 0 aliphatic heterocycles. The molecule has 3 rings (SSSR count). The summed E-state index contributed by atoms with van der Waals surface area (Å²) in [5, 5.41) is 71.7. The number of aliphatic hydroxyl groups is 5. The monoisotopic (exact) mass is 950 g/mol. The average Bonchev–Trinajstić information content (AvgIpc) is 3.28. The summed E-state index contributed by atoms with van der Waals surface area (Å²) in [5.41, 5.74) is 14.2. The van der Waals surface area contributed by atoms with Crippen molar-refractivity contribution in [2.75, 3.05) is 42.7 Å². The number of rotatable bonds is 31. The lowest BCUT2D eigenvalue weighted by Gasteiger charge is -2.25. The van der Waals surface area contributed by atoms with Crippen molar-refractivity contribution in [3.8, 4) is 0 Å². The van der Waals surface area contributed by atoms with Crippen molar-refractivity contribution in [1.82, 2.24) is 30.6 Å². The van der Waals surface area contributed by atoms with E-state index in [0.717, 1.165) is 16.4 Å². The van der Waals surface area contributed by atoms with Crippen LogP contribution < -0.4 is 22.1 Å². The standard InChI is InChI=1S/C41H58N8O14S2/c1-22(7-14-31(54)44-19-29(52)34(56)35(57)30(53)20-50)38(58)47-27(40(61)62)21-65-64-16-15-63-32(55)6-4-2-3-5-25(39(59)60)17-28(51)24-11-8-23(9-12-24)10-13-26-18-45-37-33(46-26)36(42)48-41(43)49-37/h8-9,11-12,18,22,25,27,29-30,34-35,50,52-53,56-57H,2-7,10,13-17,19-21H2,1H3,(H,44,54)(H,47,58)(H,59,60)(H,61,62)(H4,42,43,45,48,49)/t22-,25+,27?,29-,30+,34+,35+/m0/s1. The minimum atomic E-state index is -1.85. The summed E-state index contributed by atoms with van der Waals surface area (Å²) in [6.45, 7) is 0.229. The molecule has 0 aliphatic carbocycles. The molecule has 22 nitrogen and oxygen atoms in total. The maximum absolute atomic E-state index is 13.0. The summed E-state index contributed by atoms with van der Waals surface area (Å²) in [6.07, 6.45) is -2.75. The highest BCUT2D eigenvalue weighted by molar-refractivity contribution is 8.76. The van der Waals surface area contributed by atoms with E-state index in [4.69, 9.17) is 21.3 Å². The Bertz CT molecular complexity index is 2050. The van der Waals surface area contributed by atoms with Gasteiger partial charge in [-0.3, -0.25) is 24.0 Å². The first kappa shape index (κ1) is 54.1. The van der Waals surface area contributed by atoms with E-state index in [2.05, 4.69) is 30.6 Å². The zero-order valence-electron chi connectivity index (χ0n) is 35.8. The van der Waals surface area contributed by atoms with Gasteiger partial charge in [0.25, 0.3) is 0 Å². The number of unbranched alkanes of at least 4 members (excludes halogenated alkanes) is 2. The number of nitrogens with zero attached hydrogens (tertiary/aromatic N) is 4. The quantitative estimate of drug-likeness (QED) is 0.0176. The Balaban J connectivity index is 1.25. The second-order valence-electron chi connectivity index (χ2n) is 15.2. The number of anilines is 2. The lowest BCUT2D eigenvalue weighted by Crippen LogP contribution is -2.49. The number of hydrogen-bond acceptors (Lipinski definition) is 20. The highest BCUT2D eigenvalue weighted by atomic mass is 33.1. The summed E-state index contributed by atoms with van der Waals surface area (Å²) >= 11 is 0. The van der Waals surface area contributed by atoms with Crippen molar-refractivity contribution < 1.29 is 69.2 Å². The molecule has 7 atom stereocenters. The molecule has 2 heterocycles. The molecule has 0 bridgehead atoms. The number of esters is 1. The number of ether oxygens (including phenoxy) is 1. The summed E-state index contributed by atoms with van der Waals surface area (Å²) in [5.74, 6) is -5.43. The largest absolute Gasteiger partial charge is 0.481 e. The third-order valence-corrected chi connectivity index (χ3v) is 12.5. The molecular weight excluding hydrogens is 893 g/mol. The fourth-order valence-electron chi connectivity index (χ4n) is 6.12. The van der Waals surface area contributed by atoms with E-state index < -0.39 is 85.2 Å². The number of amides is 2. The van der Waals surface area contributed by atoms with Crippen LogP contribution in [0.1, 0.15) is 79.9 Å². The maximum atomic E-state index is 13.0. The molecule has 2 amide bonds. The molecule has 0 radical (unpaired) electrons. The first-order valence-electron chi connectivity index (χ1n) is 20.8. The number of Topliss-reactive ketones (excluding diaryl/α,β-unsaturated/α-hetero) is 1. The molecule has 0 spiro atoms. The van der Waals surface area contributed by atoms with Crippen molar-refractivity contribution in [2.45, 2.75) is 102 Å². The van der Waals surface area contributed by atoms with Crippen LogP contribution in [0.3, 0.4) is 0 Å². The van der Waals surface area contributed by atoms with Crippen LogP contribution in [0.15, 0.2) is 30.5 Å². The molecule has 1 unspecified atom stereocenters. The number of aliphatic carboxylic acids is 2. The number of fused-ring (bicyclic) bond motifs is 1. The van der Waals surface area contributed by atoms with Crippen molar-refractivity contribution in [1.29, 1.82) is 0 Å². The zero-order chi connectivity index (χ0) is 48.1. The Morgan fingerprint density at radius 3 is 2.22 bits per heavy atom. The van der Waals surface area contributed by atoms with Gasteiger partial charge in [-0.1, -0.05) is 65.6 Å². The molecule has 0 saturated carbocycles. The number of hydrogen-bond donors (Lipinski definition) is 11. The maximum Gasteiger partial charge on any atom is 0.327 e. The number of carboxylic acid groups (broad SMARTS) is 2. The Kier molecular flexibility index (Phi) is 23.3. The van der Waals surface area contributed by atoms with Gasteiger partial charge in [0.1, 0.15) is 31.0 Å².